The first-order valence-electron chi connectivity index (χ1n) is 1.69. The van der Waals surface area contributed by atoms with Gasteiger partial charge in [0.1, 0.15) is 0 Å². The first kappa shape index (κ1) is 5.87. The molecular formula is C4H7NS. The third kappa shape index (κ3) is 3.87. The van der Waals surface area contributed by atoms with E-state index in [0.29, 0.717) is 6.54 Å². The van der Waals surface area contributed by atoms with Crippen molar-refractivity contribution in [3.05, 3.63) is 0 Å². The zero-order valence-corrected chi connectivity index (χ0v) is 4.29. The van der Waals surface area contributed by atoms with Crippen molar-refractivity contribution in [1.29, 1.82) is 0 Å². The third-order valence-electron chi connectivity index (χ3n) is 0.303. The quantitative estimate of drug-likeness (QED) is 0.399. The second kappa shape index (κ2) is 4.87. The first-order valence-corrected chi connectivity index (χ1v) is 2.68. The Morgan fingerprint density at radius 1 is 1.83 bits per heavy atom. The van der Waals surface area contributed by atoms with Gasteiger partial charge in [0, 0.05) is 12.3 Å². The molecule has 0 bridgehead atoms. The van der Waals surface area contributed by atoms with Crippen LogP contribution >= 0.6 is 11.8 Å². The molecule has 2 N–H and O–H groups in total. The lowest BCUT2D eigenvalue weighted by Gasteiger charge is -1.80. The van der Waals surface area contributed by atoms with Gasteiger partial charge in [-0.1, -0.05) is 11.8 Å². The van der Waals surface area contributed by atoms with Gasteiger partial charge in [-0.3, -0.25) is 0 Å². The van der Waals surface area contributed by atoms with E-state index in [2.05, 4.69) is 5.25 Å². The number of hydrogen-bond donors (Lipinski definition) is 1. The highest BCUT2D eigenvalue weighted by atomic mass is 32.2. The van der Waals surface area contributed by atoms with E-state index in [1.807, 2.05) is 0 Å². The summed E-state index contributed by atoms with van der Waals surface area (Å²) in [5.74, 6) is 0.872. The molecule has 0 amide bonds. The van der Waals surface area contributed by atoms with Crippen molar-refractivity contribution in [2.75, 3.05) is 12.3 Å². The summed E-state index contributed by atoms with van der Waals surface area (Å²) in [6.07, 6.45) is 4.87. The molecule has 0 saturated heterocycles. The molecule has 0 aromatic carbocycles. The lowest BCUT2D eigenvalue weighted by molar-refractivity contribution is 1.15. The molecule has 1 nitrogen and oxygen atoms in total. The summed E-state index contributed by atoms with van der Waals surface area (Å²) in [6, 6.07) is 0. The average molecular weight is 101 g/mol. The summed E-state index contributed by atoms with van der Waals surface area (Å²) in [5, 5.41) is 2.41. The molecule has 0 atom stereocenters. The van der Waals surface area contributed by atoms with Crippen LogP contribution in [0, 0.1) is 11.7 Å². The molecule has 0 aromatic rings. The minimum Gasteiger partial charge on any atom is -0.330 e. The van der Waals surface area contributed by atoms with Crippen LogP contribution in [0.3, 0.4) is 0 Å². The summed E-state index contributed by atoms with van der Waals surface area (Å²) in [5.41, 5.74) is 5.10. The van der Waals surface area contributed by atoms with E-state index in [9.17, 15) is 0 Å². The van der Waals surface area contributed by atoms with Crippen molar-refractivity contribution in [2.45, 2.75) is 0 Å². The van der Waals surface area contributed by atoms with Gasteiger partial charge in [-0.15, -0.1) is 6.42 Å². The highest BCUT2D eigenvalue weighted by Gasteiger charge is 1.71. The number of terminal acetylenes is 1. The highest BCUT2D eigenvalue weighted by Crippen LogP contribution is 1.89. The van der Waals surface area contributed by atoms with E-state index in [1.165, 1.54) is 11.8 Å². The van der Waals surface area contributed by atoms with Crippen molar-refractivity contribution in [2.24, 2.45) is 5.73 Å². The molecule has 0 aliphatic rings. The van der Waals surface area contributed by atoms with Crippen LogP contribution in [0.2, 0.25) is 0 Å². The molecule has 0 radical (unpaired) electrons. The van der Waals surface area contributed by atoms with Gasteiger partial charge in [-0.25, -0.2) is 0 Å². The Balaban J connectivity index is 2.54. The van der Waals surface area contributed by atoms with Gasteiger partial charge < -0.3 is 5.73 Å². The van der Waals surface area contributed by atoms with Crippen LogP contribution in [0.4, 0.5) is 0 Å². The van der Waals surface area contributed by atoms with Crippen LogP contribution in [-0.4, -0.2) is 12.3 Å². The van der Waals surface area contributed by atoms with Gasteiger partial charge in [0.2, 0.25) is 0 Å². The van der Waals surface area contributed by atoms with E-state index in [0.717, 1.165) is 5.75 Å². The van der Waals surface area contributed by atoms with Crippen LogP contribution in [0.15, 0.2) is 0 Å². The lowest BCUT2D eigenvalue weighted by atomic mass is 10.8. The number of thioether (sulfide) groups is 1. The molecule has 0 spiro atoms. The van der Waals surface area contributed by atoms with E-state index >= 15 is 0 Å². The van der Waals surface area contributed by atoms with Crippen molar-refractivity contribution in [3.63, 3.8) is 0 Å². The number of nitrogens with two attached hydrogens (primary N) is 1. The molecule has 0 aliphatic carbocycles. The predicted octanol–water partition coefficient (Wildman–Crippen LogP) is 0.269. The molecular weight excluding hydrogens is 94.1 g/mol. The average Bonchev–Trinajstić information content (AvgIpc) is 1.61. The predicted molar refractivity (Wildman–Crippen MR) is 30.3 cm³/mol. The van der Waals surface area contributed by atoms with Crippen LogP contribution in [-0.2, 0) is 0 Å². The second-order valence-corrected chi connectivity index (χ2v) is 1.69. The van der Waals surface area contributed by atoms with Crippen molar-refractivity contribution in [1.82, 2.24) is 0 Å². The summed E-state index contributed by atoms with van der Waals surface area (Å²) < 4.78 is 0. The van der Waals surface area contributed by atoms with Crippen molar-refractivity contribution >= 4 is 11.8 Å². The van der Waals surface area contributed by atoms with Crippen LogP contribution in [0.25, 0.3) is 0 Å². The van der Waals surface area contributed by atoms with Gasteiger partial charge in [-0.05, 0) is 5.25 Å². The van der Waals surface area contributed by atoms with Gasteiger partial charge in [-0.2, -0.15) is 0 Å². The molecule has 6 heavy (non-hydrogen) atoms. The van der Waals surface area contributed by atoms with E-state index in [1.54, 1.807) is 0 Å². The Hall–Kier alpha value is -0.130. The Morgan fingerprint density at radius 3 is 2.67 bits per heavy atom. The van der Waals surface area contributed by atoms with E-state index in [4.69, 9.17) is 12.2 Å². The summed E-state index contributed by atoms with van der Waals surface area (Å²) >= 11 is 1.41. The molecule has 0 saturated carbocycles. The third-order valence-corrected chi connectivity index (χ3v) is 0.910. The van der Waals surface area contributed by atoms with Gasteiger partial charge in [0.25, 0.3) is 0 Å². The molecule has 0 aliphatic heterocycles. The maximum Gasteiger partial charge on any atom is 0.0180 e. The number of rotatable bonds is 2. The smallest absolute Gasteiger partial charge is 0.0180 e. The normalized spacial score (nSPS) is 7.33. The molecule has 0 fully saturated rings. The van der Waals surface area contributed by atoms with E-state index < -0.39 is 0 Å². The SMILES string of the molecule is C#CSCCN. The molecule has 0 aromatic heterocycles. The fourth-order valence-corrected chi connectivity index (χ4v) is 0.354. The molecule has 0 rings (SSSR count). The topological polar surface area (TPSA) is 26.0 Å². The van der Waals surface area contributed by atoms with E-state index in [-0.39, 0.29) is 0 Å². The minimum atomic E-state index is 0.675. The maximum atomic E-state index is 5.10. The Labute approximate surface area is 42.3 Å². The largest absolute Gasteiger partial charge is 0.330 e. The minimum absolute atomic E-state index is 0.675. The molecule has 34 valence electrons. The standard InChI is InChI=1S/C4H7NS/c1-2-6-4-3-5/h1H,3-5H2. The lowest BCUT2D eigenvalue weighted by Crippen LogP contribution is -1.99. The molecule has 0 unspecified atom stereocenters. The van der Waals surface area contributed by atoms with Crippen LogP contribution in [0.1, 0.15) is 0 Å². The van der Waals surface area contributed by atoms with Crippen LogP contribution in [0.5, 0.6) is 0 Å². The summed E-state index contributed by atoms with van der Waals surface area (Å²) in [6.45, 7) is 0.675. The zero-order chi connectivity index (χ0) is 4.83. The second-order valence-electron chi connectivity index (χ2n) is 0.755. The monoisotopic (exact) mass is 101 g/mol. The highest BCUT2D eigenvalue weighted by molar-refractivity contribution is 8.03. The molecule has 0 heterocycles. The van der Waals surface area contributed by atoms with Crippen molar-refractivity contribution in [3.8, 4) is 11.7 Å². The summed E-state index contributed by atoms with van der Waals surface area (Å²) in [4.78, 5) is 0. The van der Waals surface area contributed by atoms with Crippen molar-refractivity contribution < 1.29 is 0 Å². The zero-order valence-electron chi connectivity index (χ0n) is 3.48. The van der Waals surface area contributed by atoms with Gasteiger partial charge in [0.15, 0.2) is 0 Å². The van der Waals surface area contributed by atoms with Gasteiger partial charge in [0.05, 0.1) is 0 Å². The van der Waals surface area contributed by atoms with Crippen LogP contribution < -0.4 is 5.73 Å². The Morgan fingerprint density at radius 2 is 2.50 bits per heavy atom. The Bertz CT molecular complexity index is 55.1. The van der Waals surface area contributed by atoms with Gasteiger partial charge >= 0.3 is 0 Å². The first-order chi connectivity index (χ1) is 2.91. The maximum absolute atomic E-state index is 5.10. The Kier molecular flexibility index (Phi) is 4.76. The fourth-order valence-electron chi connectivity index (χ4n) is 0.118. The summed E-state index contributed by atoms with van der Waals surface area (Å²) in [7, 11) is 0. The molecule has 2 heteroatoms. The fraction of sp³-hybridized carbons (Fsp3) is 0.500. The number of hydrogen-bond acceptors (Lipinski definition) is 2.